The highest BCUT2D eigenvalue weighted by Crippen LogP contribution is 2.28. The standard InChI is InChI=1S/C17H21FO4/c1-4-20-17(19)8-6-14-11(2)16(18)7-5-15(14)12(3)21-9-13-10-22-13/h5-8,12-13H,4,9-10H2,1-3H3/b8-6+/t12-,13?/m1/s1. The number of hydrogen-bond donors (Lipinski definition) is 0. The number of esters is 1. The number of epoxide rings is 1. The summed E-state index contributed by atoms with van der Waals surface area (Å²) in [6, 6.07) is 3.10. The van der Waals surface area contributed by atoms with Crippen molar-refractivity contribution in [3.05, 3.63) is 40.7 Å². The third-order valence-electron chi connectivity index (χ3n) is 3.53. The van der Waals surface area contributed by atoms with E-state index in [1.165, 1.54) is 12.1 Å². The number of halogens is 1. The minimum atomic E-state index is -0.447. The lowest BCUT2D eigenvalue weighted by molar-refractivity contribution is -0.137. The van der Waals surface area contributed by atoms with Crippen LogP contribution in [0.15, 0.2) is 18.2 Å². The van der Waals surface area contributed by atoms with E-state index in [4.69, 9.17) is 14.2 Å². The molecule has 1 saturated heterocycles. The van der Waals surface area contributed by atoms with Gasteiger partial charge in [0.2, 0.25) is 0 Å². The van der Waals surface area contributed by atoms with E-state index in [1.807, 2.05) is 6.92 Å². The molecule has 0 aromatic heterocycles. The molecule has 5 heteroatoms. The maximum atomic E-state index is 13.8. The van der Waals surface area contributed by atoms with E-state index in [9.17, 15) is 9.18 Å². The molecule has 1 aliphatic rings. The molecular formula is C17H21FO4. The van der Waals surface area contributed by atoms with Crippen molar-refractivity contribution in [2.45, 2.75) is 33.0 Å². The summed E-state index contributed by atoms with van der Waals surface area (Å²) in [6.45, 7) is 6.86. The van der Waals surface area contributed by atoms with Crippen LogP contribution in [0.3, 0.4) is 0 Å². The predicted molar refractivity (Wildman–Crippen MR) is 80.9 cm³/mol. The second-order valence-corrected chi connectivity index (χ2v) is 5.19. The van der Waals surface area contributed by atoms with Crippen LogP contribution in [0.25, 0.3) is 6.08 Å². The Morgan fingerprint density at radius 2 is 2.27 bits per heavy atom. The topological polar surface area (TPSA) is 48.1 Å². The Labute approximate surface area is 129 Å². The number of rotatable bonds is 7. The van der Waals surface area contributed by atoms with Crippen molar-refractivity contribution in [1.82, 2.24) is 0 Å². The molecule has 1 fully saturated rings. The second kappa shape index (κ2) is 7.51. The SMILES string of the molecule is CCOC(=O)/C=C/c1c([C@@H](C)OCC2CO2)ccc(F)c1C. The zero-order valence-corrected chi connectivity index (χ0v) is 13.1. The van der Waals surface area contributed by atoms with Gasteiger partial charge in [-0.2, -0.15) is 0 Å². The molecular weight excluding hydrogens is 287 g/mol. The molecule has 120 valence electrons. The fourth-order valence-corrected chi connectivity index (χ4v) is 2.15. The number of benzene rings is 1. The van der Waals surface area contributed by atoms with Gasteiger partial charge in [0, 0.05) is 6.08 Å². The first-order valence-electron chi connectivity index (χ1n) is 7.40. The fraction of sp³-hybridized carbons (Fsp3) is 0.471. The summed E-state index contributed by atoms with van der Waals surface area (Å²) >= 11 is 0. The van der Waals surface area contributed by atoms with Crippen LogP contribution < -0.4 is 0 Å². The van der Waals surface area contributed by atoms with Crippen molar-refractivity contribution in [1.29, 1.82) is 0 Å². The molecule has 1 aromatic rings. The van der Waals surface area contributed by atoms with E-state index < -0.39 is 5.97 Å². The van der Waals surface area contributed by atoms with Crippen LogP contribution in [0, 0.1) is 12.7 Å². The second-order valence-electron chi connectivity index (χ2n) is 5.19. The van der Waals surface area contributed by atoms with Gasteiger partial charge in [0.1, 0.15) is 11.9 Å². The van der Waals surface area contributed by atoms with Gasteiger partial charge in [-0.25, -0.2) is 9.18 Å². The Bertz CT molecular complexity index is 564. The number of carbonyl (C=O) groups is 1. The third-order valence-corrected chi connectivity index (χ3v) is 3.53. The minimum absolute atomic E-state index is 0.169. The van der Waals surface area contributed by atoms with Gasteiger partial charge in [-0.15, -0.1) is 0 Å². The lowest BCUT2D eigenvalue weighted by Crippen LogP contribution is -2.09. The van der Waals surface area contributed by atoms with Crippen LogP contribution >= 0.6 is 0 Å². The molecule has 0 bridgehead atoms. The molecule has 0 N–H and O–H groups in total. The monoisotopic (exact) mass is 308 g/mol. The van der Waals surface area contributed by atoms with Crippen molar-refractivity contribution in [2.24, 2.45) is 0 Å². The first-order valence-corrected chi connectivity index (χ1v) is 7.40. The normalized spacial score (nSPS) is 18.5. The van der Waals surface area contributed by atoms with Gasteiger partial charge in [0.15, 0.2) is 0 Å². The van der Waals surface area contributed by atoms with Gasteiger partial charge in [0.05, 0.1) is 25.9 Å². The molecule has 1 aliphatic heterocycles. The highest BCUT2D eigenvalue weighted by molar-refractivity contribution is 5.87. The van der Waals surface area contributed by atoms with E-state index in [0.29, 0.717) is 24.3 Å². The Morgan fingerprint density at radius 3 is 2.91 bits per heavy atom. The summed E-state index contributed by atoms with van der Waals surface area (Å²) in [4.78, 5) is 11.5. The molecule has 4 nitrogen and oxygen atoms in total. The molecule has 0 saturated carbocycles. The van der Waals surface area contributed by atoms with Crippen LogP contribution in [-0.2, 0) is 19.0 Å². The van der Waals surface area contributed by atoms with E-state index in [0.717, 1.165) is 12.2 Å². The van der Waals surface area contributed by atoms with Crippen LogP contribution in [0.4, 0.5) is 4.39 Å². The van der Waals surface area contributed by atoms with E-state index in [-0.39, 0.29) is 18.0 Å². The molecule has 2 atom stereocenters. The quantitative estimate of drug-likeness (QED) is 0.441. The zero-order chi connectivity index (χ0) is 16.1. The first-order chi connectivity index (χ1) is 10.5. The summed E-state index contributed by atoms with van der Waals surface area (Å²) in [6.07, 6.45) is 2.85. The minimum Gasteiger partial charge on any atom is -0.463 e. The summed E-state index contributed by atoms with van der Waals surface area (Å²) in [5.41, 5.74) is 1.97. The average Bonchev–Trinajstić information content (AvgIpc) is 3.30. The molecule has 1 unspecified atom stereocenters. The van der Waals surface area contributed by atoms with Crippen molar-refractivity contribution in [2.75, 3.05) is 19.8 Å². The average molecular weight is 308 g/mol. The summed E-state index contributed by atoms with van der Waals surface area (Å²) in [5, 5.41) is 0. The first kappa shape index (κ1) is 16.6. The number of carbonyl (C=O) groups excluding carboxylic acids is 1. The van der Waals surface area contributed by atoms with E-state index in [2.05, 4.69) is 0 Å². The lowest BCUT2D eigenvalue weighted by Gasteiger charge is -2.17. The summed E-state index contributed by atoms with van der Waals surface area (Å²) in [5.74, 6) is -0.762. The van der Waals surface area contributed by atoms with Gasteiger partial charge >= 0.3 is 5.97 Å². The van der Waals surface area contributed by atoms with Gasteiger partial charge in [-0.05, 0) is 49.6 Å². The van der Waals surface area contributed by atoms with Crippen LogP contribution in [0.5, 0.6) is 0 Å². The molecule has 1 heterocycles. The van der Waals surface area contributed by atoms with Crippen molar-refractivity contribution >= 4 is 12.0 Å². The van der Waals surface area contributed by atoms with Crippen LogP contribution in [0.2, 0.25) is 0 Å². The summed E-state index contributed by atoms with van der Waals surface area (Å²) in [7, 11) is 0. The Kier molecular flexibility index (Phi) is 5.69. The number of ether oxygens (including phenoxy) is 3. The van der Waals surface area contributed by atoms with E-state index in [1.54, 1.807) is 26.0 Å². The largest absolute Gasteiger partial charge is 0.463 e. The molecule has 0 aliphatic carbocycles. The highest BCUT2D eigenvalue weighted by atomic mass is 19.1. The molecule has 0 spiro atoms. The maximum absolute atomic E-state index is 13.8. The Balaban J connectivity index is 2.20. The highest BCUT2D eigenvalue weighted by Gasteiger charge is 2.24. The maximum Gasteiger partial charge on any atom is 0.330 e. The Hall–Kier alpha value is -1.72. The molecule has 22 heavy (non-hydrogen) atoms. The molecule has 1 aromatic carbocycles. The van der Waals surface area contributed by atoms with Gasteiger partial charge in [0.25, 0.3) is 0 Å². The van der Waals surface area contributed by atoms with Gasteiger partial charge in [-0.3, -0.25) is 0 Å². The van der Waals surface area contributed by atoms with Crippen molar-refractivity contribution < 1.29 is 23.4 Å². The molecule has 0 amide bonds. The zero-order valence-electron chi connectivity index (χ0n) is 13.1. The van der Waals surface area contributed by atoms with Crippen molar-refractivity contribution in [3.8, 4) is 0 Å². The van der Waals surface area contributed by atoms with E-state index >= 15 is 0 Å². The van der Waals surface area contributed by atoms with Crippen molar-refractivity contribution in [3.63, 3.8) is 0 Å². The summed E-state index contributed by atoms with van der Waals surface area (Å²) < 4.78 is 29.5. The Morgan fingerprint density at radius 1 is 1.55 bits per heavy atom. The third kappa shape index (κ3) is 4.39. The van der Waals surface area contributed by atoms with Crippen LogP contribution in [-0.4, -0.2) is 31.9 Å². The van der Waals surface area contributed by atoms with Gasteiger partial charge < -0.3 is 14.2 Å². The van der Waals surface area contributed by atoms with Gasteiger partial charge in [-0.1, -0.05) is 6.07 Å². The fourth-order valence-electron chi connectivity index (χ4n) is 2.15. The lowest BCUT2D eigenvalue weighted by atomic mass is 9.97. The van der Waals surface area contributed by atoms with Crippen LogP contribution in [0.1, 0.15) is 36.6 Å². The smallest absolute Gasteiger partial charge is 0.330 e. The molecule has 0 radical (unpaired) electrons. The molecule has 2 rings (SSSR count). The predicted octanol–water partition coefficient (Wildman–Crippen LogP) is 3.19. The number of hydrogen-bond acceptors (Lipinski definition) is 4.